The lowest BCUT2D eigenvalue weighted by Gasteiger charge is -2.28. The molecule has 2 unspecified atom stereocenters. The van der Waals surface area contributed by atoms with Crippen LogP contribution in [0.25, 0.3) is 0 Å². The van der Waals surface area contributed by atoms with E-state index in [1.54, 1.807) is 36.2 Å². The lowest BCUT2D eigenvalue weighted by Crippen LogP contribution is -2.49. The average Bonchev–Trinajstić information content (AvgIpc) is 3.11. The number of hydrogen-bond donors (Lipinski definition) is 1. The molecule has 1 aliphatic heterocycles. The zero-order valence-electron chi connectivity index (χ0n) is 14.4. The molecule has 0 aliphatic carbocycles. The van der Waals surface area contributed by atoms with Crippen molar-refractivity contribution in [2.45, 2.75) is 31.3 Å². The van der Waals surface area contributed by atoms with Gasteiger partial charge in [0.2, 0.25) is 5.91 Å². The summed E-state index contributed by atoms with van der Waals surface area (Å²) in [5.41, 5.74) is 0.737. The minimum Gasteiger partial charge on any atom is -0.349 e. The highest BCUT2D eigenvalue weighted by Gasteiger charge is 2.41. The van der Waals surface area contributed by atoms with Crippen molar-refractivity contribution in [2.75, 3.05) is 5.75 Å². The van der Waals surface area contributed by atoms with Gasteiger partial charge in [0.25, 0.3) is 5.91 Å². The molecule has 0 spiro atoms. The van der Waals surface area contributed by atoms with Crippen LogP contribution in [0.4, 0.5) is 4.39 Å². The maximum atomic E-state index is 14.1. The highest BCUT2D eigenvalue weighted by Crippen LogP contribution is 2.33. The van der Waals surface area contributed by atoms with E-state index in [0.717, 1.165) is 5.69 Å². The third kappa shape index (κ3) is 3.88. The maximum absolute atomic E-state index is 14.1. The minimum atomic E-state index is -0.624. The van der Waals surface area contributed by atoms with E-state index in [4.69, 9.17) is 0 Å². The first kappa shape index (κ1) is 18.4. The topological polar surface area (TPSA) is 62.3 Å². The number of nitrogens with zero attached hydrogens (tertiary/aromatic N) is 2. The van der Waals surface area contributed by atoms with E-state index >= 15 is 0 Å². The summed E-state index contributed by atoms with van der Waals surface area (Å²) in [6.07, 6.45) is 2.35. The first-order chi connectivity index (χ1) is 12.6. The SMILES string of the molecule is CCC1SCC(C(=O)NCc2ccccn2)N1C(=O)c1ccccc1F. The van der Waals surface area contributed by atoms with Gasteiger partial charge in [0.1, 0.15) is 11.9 Å². The van der Waals surface area contributed by atoms with Crippen molar-refractivity contribution in [3.8, 4) is 0 Å². The van der Waals surface area contributed by atoms with Crippen LogP contribution in [0.3, 0.4) is 0 Å². The van der Waals surface area contributed by atoms with Gasteiger partial charge >= 0.3 is 0 Å². The molecule has 5 nitrogen and oxygen atoms in total. The van der Waals surface area contributed by atoms with Crippen molar-refractivity contribution in [2.24, 2.45) is 0 Å². The van der Waals surface area contributed by atoms with Crippen LogP contribution >= 0.6 is 11.8 Å². The molecule has 1 aromatic heterocycles. The fraction of sp³-hybridized carbons (Fsp3) is 0.316. The van der Waals surface area contributed by atoms with Crippen molar-refractivity contribution in [3.63, 3.8) is 0 Å². The second-order valence-electron chi connectivity index (χ2n) is 5.94. The predicted octanol–water partition coefficient (Wildman–Crippen LogP) is 2.83. The summed E-state index contributed by atoms with van der Waals surface area (Å²) in [5.74, 6) is -0.772. The number of hydrogen-bond acceptors (Lipinski definition) is 4. The summed E-state index contributed by atoms with van der Waals surface area (Å²) in [6, 6.07) is 10.7. The zero-order chi connectivity index (χ0) is 18.5. The van der Waals surface area contributed by atoms with E-state index in [9.17, 15) is 14.0 Å². The molecule has 1 N–H and O–H groups in total. The summed E-state index contributed by atoms with van der Waals surface area (Å²) in [5, 5.41) is 2.69. The van der Waals surface area contributed by atoms with Crippen LogP contribution in [0, 0.1) is 5.82 Å². The van der Waals surface area contributed by atoms with Crippen molar-refractivity contribution in [3.05, 3.63) is 65.7 Å². The smallest absolute Gasteiger partial charge is 0.258 e. The first-order valence-electron chi connectivity index (χ1n) is 8.48. The molecule has 2 heterocycles. The zero-order valence-corrected chi connectivity index (χ0v) is 15.2. The number of carbonyl (C=O) groups is 2. The Morgan fingerprint density at radius 2 is 2.04 bits per heavy atom. The maximum Gasteiger partial charge on any atom is 0.258 e. The molecular weight excluding hydrogens is 353 g/mol. The number of halogens is 1. The van der Waals surface area contributed by atoms with Gasteiger partial charge in [0, 0.05) is 11.9 Å². The molecule has 7 heteroatoms. The van der Waals surface area contributed by atoms with Gasteiger partial charge in [-0.15, -0.1) is 11.8 Å². The van der Waals surface area contributed by atoms with Gasteiger partial charge in [-0.05, 0) is 30.7 Å². The van der Waals surface area contributed by atoms with Crippen LogP contribution in [-0.2, 0) is 11.3 Å². The molecule has 1 saturated heterocycles. The van der Waals surface area contributed by atoms with Crippen molar-refractivity contribution in [1.29, 1.82) is 0 Å². The molecule has 0 saturated carbocycles. The van der Waals surface area contributed by atoms with Crippen LogP contribution in [-0.4, -0.2) is 38.9 Å². The van der Waals surface area contributed by atoms with Gasteiger partial charge < -0.3 is 10.2 Å². The number of nitrogens with one attached hydrogen (secondary N) is 1. The standard InChI is InChI=1S/C19H20FN3O2S/c1-2-17-23(19(25)14-8-3-4-9-15(14)20)16(12-26-17)18(24)22-11-13-7-5-6-10-21-13/h3-10,16-17H,2,11-12H2,1H3,(H,22,24). The second-order valence-corrected chi connectivity index (χ2v) is 7.15. The van der Waals surface area contributed by atoms with E-state index in [-0.39, 0.29) is 16.8 Å². The fourth-order valence-electron chi connectivity index (χ4n) is 2.92. The molecule has 2 amide bonds. The van der Waals surface area contributed by atoms with E-state index < -0.39 is 17.8 Å². The fourth-order valence-corrected chi connectivity index (χ4v) is 4.28. The van der Waals surface area contributed by atoms with Gasteiger partial charge in [0.05, 0.1) is 23.2 Å². The molecule has 0 bridgehead atoms. The summed E-state index contributed by atoms with van der Waals surface area (Å²) >= 11 is 1.54. The normalized spacial score (nSPS) is 19.4. The lowest BCUT2D eigenvalue weighted by molar-refractivity contribution is -0.125. The molecule has 0 radical (unpaired) electrons. The monoisotopic (exact) mass is 373 g/mol. The van der Waals surface area contributed by atoms with Gasteiger partial charge in [-0.25, -0.2) is 4.39 Å². The largest absolute Gasteiger partial charge is 0.349 e. The molecule has 136 valence electrons. The molecular formula is C19H20FN3O2S. The Bertz CT molecular complexity index is 787. The summed E-state index contributed by atoms with van der Waals surface area (Å²) < 4.78 is 14.1. The molecule has 3 rings (SSSR count). The number of benzene rings is 1. The highest BCUT2D eigenvalue weighted by molar-refractivity contribution is 8.00. The number of carbonyl (C=O) groups excluding carboxylic acids is 2. The van der Waals surface area contributed by atoms with E-state index in [1.807, 2.05) is 19.1 Å². The minimum absolute atomic E-state index is 0.00373. The van der Waals surface area contributed by atoms with Crippen LogP contribution in [0.1, 0.15) is 29.4 Å². The van der Waals surface area contributed by atoms with Crippen LogP contribution in [0.5, 0.6) is 0 Å². The highest BCUT2D eigenvalue weighted by atomic mass is 32.2. The second kappa shape index (κ2) is 8.31. The van der Waals surface area contributed by atoms with Gasteiger partial charge in [-0.3, -0.25) is 14.6 Å². The summed E-state index contributed by atoms with van der Waals surface area (Å²) in [4.78, 5) is 31.3. The van der Waals surface area contributed by atoms with Gasteiger partial charge in [-0.2, -0.15) is 0 Å². The van der Waals surface area contributed by atoms with Crippen LogP contribution in [0.15, 0.2) is 48.7 Å². The van der Waals surface area contributed by atoms with Gasteiger partial charge in [-0.1, -0.05) is 25.1 Å². The number of aromatic nitrogens is 1. The molecule has 1 aromatic carbocycles. The van der Waals surface area contributed by atoms with E-state index in [0.29, 0.717) is 18.7 Å². The van der Waals surface area contributed by atoms with E-state index in [2.05, 4.69) is 10.3 Å². The van der Waals surface area contributed by atoms with E-state index in [1.165, 1.54) is 17.0 Å². The van der Waals surface area contributed by atoms with Crippen molar-refractivity contribution >= 4 is 23.6 Å². The van der Waals surface area contributed by atoms with Crippen LogP contribution < -0.4 is 5.32 Å². The molecule has 26 heavy (non-hydrogen) atoms. The Labute approximate surface area is 156 Å². The predicted molar refractivity (Wildman–Crippen MR) is 99.0 cm³/mol. The quantitative estimate of drug-likeness (QED) is 0.875. The lowest BCUT2D eigenvalue weighted by atomic mass is 10.1. The molecule has 2 atom stereocenters. The average molecular weight is 373 g/mol. The van der Waals surface area contributed by atoms with Crippen molar-refractivity contribution in [1.82, 2.24) is 15.2 Å². The Kier molecular flexibility index (Phi) is 5.88. The third-order valence-corrected chi connectivity index (χ3v) is 5.71. The third-order valence-electron chi connectivity index (χ3n) is 4.25. The Morgan fingerprint density at radius 3 is 2.73 bits per heavy atom. The summed E-state index contributed by atoms with van der Waals surface area (Å²) in [7, 11) is 0. The number of thioether (sulfide) groups is 1. The summed E-state index contributed by atoms with van der Waals surface area (Å²) in [6.45, 7) is 2.24. The van der Waals surface area contributed by atoms with Crippen LogP contribution in [0.2, 0.25) is 0 Å². The first-order valence-corrected chi connectivity index (χ1v) is 9.53. The molecule has 2 aromatic rings. The Hall–Kier alpha value is -2.41. The molecule has 1 aliphatic rings. The Morgan fingerprint density at radius 1 is 1.27 bits per heavy atom. The molecule has 1 fully saturated rings. The number of rotatable bonds is 5. The van der Waals surface area contributed by atoms with Gasteiger partial charge in [0.15, 0.2) is 0 Å². The Balaban J connectivity index is 1.76. The number of pyridine rings is 1. The van der Waals surface area contributed by atoms with Crippen molar-refractivity contribution < 1.29 is 14.0 Å². The number of amides is 2.